The molecule has 0 saturated heterocycles. The predicted octanol–water partition coefficient (Wildman–Crippen LogP) is 2.31. The van der Waals surface area contributed by atoms with Gasteiger partial charge in [-0.05, 0) is 5.56 Å². The third kappa shape index (κ3) is 5.20. The van der Waals surface area contributed by atoms with Crippen molar-refractivity contribution >= 4 is 9.84 Å². The average Bonchev–Trinajstić information content (AvgIpc) is 2.34. The monoisotopic (exact) mass is 295 g/mol. The maximum Gasteiger partial charge on any atom is 0.407 e. The van der Waals surface area contributed by atoms with Gasteiger partial charge in [-0.25, -0.2) is 8.42 Å². The average molecular weight is 295 g/mol. The van der Waals surface area contributed by atoms with Crippen LogP contribution in [0.5, 0.6) is 0 Å². The topological polar surface area (TPSA) is 46.2 Å². The lowest BCUT2D eigenvalue weighted by molar-refractivity contribution is -0.157. The maximum absolute atomic E-state index is 12.9. The summed E-state index contributed by atoms with van der Waals surface area (Å²) in [4.78, 5) is 0. The summed E-state index contributed by atoms with van der Waals surface area (Å²) in [5, 5.41) is 2.26. The molecule has 108 valence electrons. The van der Waals surface area contributed by atoms with E-state index in [-0.39, 0.29) is 23.6 Å². The molecular weight excluding hydrogens is 279 g/mol. The van der Waals surface area contributed by atoms with Crippen molar-refractivity contribution < 1.29 is 21.6 Å². The number of sulfone groups is 1. The highest BCUT2D eigenvalue weighted by atomic mass is 32.2. The molecular formula is C12H16F3NO2S. The third-order valence-corrected chi connectivity index (χ3v) is 4.37. The second-order valence-electron chi connectivity index (χ2n) is 4.08. The smallest absolute Gasteiger partial charge is 0.301 e. The first-order valence-corrected chi connectivity index (χ1v) is 7.64. The molecule has 0 bridgehead atoms. The highest BCUT2D eigenvalue weighted by molar-refractivity contribution is 7.91. The zero-order valence-electron chi connectivity index (χ0n) is 10.4. The van der Waals surface area contributed by atoms with Gasteiger partial charge in [0.05, 0.1) is 5.75 Å². The molecule has 0 spiro atoms. The van der Waals surface area contributed by atoms with Crippen LogP contribution in [0.1, 0.15) is 18.5 Å². The Kier molecular flexibility index (Phi) is 5.37. The van der Waals surface area contributed by atoms with E-state index in [0.29, 0.717) is 0 Å². The second-order valence-corrected chi connectivity index (χ2v) is 6.55. The minimum Gasteiger partial charge on any atom is -0.301 e. The normalized spacial score (nSPS) is 14.3. The summed E-state index contributed by atoms with van der Waals surface area (Å²) >= 11 is 0. The SMILES string of the molecule is CCS(=O)(=O)CCNC(c1ccccc1)C(F)(F)F. The molecule has 0 radical (unpaired) electrons. The Bertz CT molecular complexity index is 485. The molecule has 0 fully saturated rings. The van der Waals surface area contributed by atoms with Gasteiger partial charge in [0, 0.05) is 12.3 Å². The molecule has 0 aromatic heterocycles. The van der Waals surface area contributed by atoms with E-state index in [1.807, 2.05) is 0 Å². The molecule has 0 heterocycles. The Morgan fingerprint density at radius 2 is 1.79 bits per heavy atom. The summed E-state index contributed by atoms with van der Waals surface area (Å²) in [7, 11) is -3.27. The molecule has 0 aliphatic heterocycles. The van der Waals surface area contributed by atoms with Crippen LogP contribution >= 0.6 is 0 Å². The number of hydrogen-bond acceptors (Lipinski definition) is 3. The summed E-state index contributed by atoms with van der Waals surface area (Å²) in [6.45, 7) is 1.24. The van der Waals surface area contributed by atoms with E-state index in [4.69, 9.17) is 0 Å². The van der Waals surface area contributed by atoms with Crippen molar-refractivity contribution in [1.29, 1.82) is 0 Å². The number of hydrogen-bond donors (Lipinski definition) is 1. The van der Waals surface area contributed by atoms with Gasteiger partial charge in [0.15, 0.2) is 9.84 Å². The van der Waals surface area contributed by atoms with Crippen LogP contribution in [0.15, 0.2) is 30.3 Å². The van der Waals surface area contributed by atoms with E-state index >= 15 is 0 Å². The van der Waals surface area contributed by atoms with Crippen LogP contribution in [0.3, 0.4) is 0 Å². The molecule has 1 rings (SSSR count). The van der Waals surface area contributed by atoms with Gasteiger partial charge in [-0.15, -0.1) is 0 Å². The van der Waals surface area contributed by atoms with Crippen LogP contribution in [-0.4, -0.2) is 32.6 Å². The highest BCUT2D eigenvalue weighted by Gasteiger charge is 2.40. The van der Waals surface area contributed by atoms with Crippen LogP contribution in [0, 0.1) is 0 Å². The molecule has 1 N–H and O–H groups in total. The van der Waals surface area contributed by atoms with E-state index in [1.54, 1.807) is 6.07 Å². The predicted molar refractivity (Wildman–Crippen MR) is 67.6 cm³/mol. The molecule has 0 saturated carbocycles. The number of alkyl halides is 3. The zero-order chi connectivity index (χ0) is 14.5. The fourth-order valence-electron chi connectivity index (χ4n) is 1.57. The quantitative estimate of drug-likeness (QED) is 0.876. The molecule has 1 aromatic carbocycles. The number of nitrogens with one attached hydrogen (secondary N) is 1. The van der Waals surface area contributed by atoms with Crippen molar-refractivity contribution in [2.24, 2.45) is 0 Å². The third-order valence-electron chi connectivity index (χ3n) is 2.66. The maximum atomic E-state index is 12.9. The van der Waals surface area contributed by atoms with E-state index in [0.717, 1.165) is 0 Å². The number of benzene rings is 1. The Balaban J connectivity index is 2.74. The minimum atomic E-state index is -4.46. The van der Waals surface area contributed by atoms with Crippen molar-refractivity contribution in [3.63, 3.8) is 0 Å². The van der Waals surface area contributed by atoms with Gasteiger partial charge in [0.2, 0.25) is 0 Å². The summed E-state index contributed by atoms with van der Waals surface area (Å²) in [5.74, 6) is -0.375. The molecule has 1 aromatic rings. The molecule has 0 aliphatic carbocycles. The van der Waals surface area contributed by atoms with Crippen molar-refractivity contribution in [2.75, 3.05) is 18.1 Å². The van der Waals surface area contributed by atoms with Gasteiger partial charge in [0.25, 0.3) is 0 Å². The Hall–Kier alpha value is -1.08. The van der Waals surface area contributed by atoms with Crippen molar-refractivity contribution in [1.82, 2.24) is 5.32 Å². The molecule has 19 heavy (non-hydrogen) atoms. The first kappa shape index (κ1) is 16.0. The lowest BCUT2D eigenvalue weighted by Crippen LogP contribution is -2.37. The van der Waals surface area contributed by atoms with Crippen LogP contribution in [0.2, 0.25) is 0 Å². The molecule has 0 aliphatic rings. The largest absolute Gasteiger partial charge is 0.407 e. The van der Waals surface area contributed by atoms with Crippen LogP contribution in [0.25, 0.3) is 0 Å². The molecule has 1 atom stereocenters. The van der Waals surface area contributed by atoms with E-state index in [2.05, 4.69) is 5.32 Å². The lowest BCUT2D eigenvalue weighted by atomic mass is 10.1. The van der Waals surface area contributed by atoms with Gasteiger partial charge in [-0.2, -0.15) is 13.2 Å². The van der Waals surface area contributed by atoms with Crippen molar-refractivity contribution in [3.05, 3.63) is 35.9 Å². The summed E-state index contributed by atoms with van der Waals surface area (Å²) in [5.41, 5.74) is 0.0731. The van der Waals surface area contributed by atoms with E-state index < -0.39 is 22.1 Å². The number of halogens is 3. The van der Waals surface area contributed by atoms with Crippen LogP contribution < -0.4 is 5.32 Å². The first-order chi connectivity index (χ1) is 8.76. The Morgan fingerprint density at radius 3 is 2.26 bits per heavy atom. The van der Waals surface area contributed by atoms with Gasteiger partial charge >= 0.3 is 6.18 Å². The van der Waals surface area contributed by atoms with E-state index in [1.165, 1.54) is 31.2 Å². The Morgan fingerprint density at radius 1 is 1.21 bits per heavy atom. The molecule has 3 nitrogen and oxygen atoms in total. The van der Waals surface area contributed by atoms with Gasteiger partial charge in [-0.1, -0.05) is 37.3 Å². The van der Waals surface area contributed by atoms with Gasteiger partial charge in [-0.3, -0.25) is 0 Å². The summed E-state index contributed by atoms with van der Waals surface area (Å²) in [6, 6.07) is 5.52. The fourth-order valence-corrected chi connectivity index (χ4v) is 2.29. The highest BCUT2D eigenvalue weighted by Crippen LogP contribution is 2.32. The lowest BCUT2D eigenvalue weighted by Gasteiger charge is -2.22. The first-order valence-electron chi connectivity index (χ1n) is 5.81. The van der Waals surface area contributed by atoms with Crippen molar-refractivity contribution in [3.8, 4) is 0 Å². The molecule has 7 heteroatoms. The summed E-state index contributed by atoms with van der Waals surface area (Å²) < 4.78 is 61.2. The molecule has 1 unspecified atom stereocenters. The number of rotatable bonds is 6. The van der Waals surface area contributed by atoms with Crippen LogP contribution in [0.4, 0.5) is 13.2 Å². The van der Waals surface area contributed by atoms with Gasteiger partial charge in [0.1, 0.15) is 6.04 Å². The minimum absolute atomic E-state index is 0.0727. The molecule has 0 amide bonds. The standard InChI is InChI=1S/C12H16F3NO2S/c1-2-19(17,18)9-8-16-11(12(13,14)15)10-6-4-3-5-7-10/h3-7,11,16H,2,8-9H2,1H3. The fraction of sp³-hybridized carbons (Fsp3) is 0.500. The zero-order valence-corrected chi connectivity index (χ0v) is 11.3. The second kappa shape index (κ2) is 6.38. The van der Waals surface area contributed by atoms with Crippen LogP contribution in [-0.2, 0) is 9.84 Å². The summed E-state index contributed by atoms with van der Waals surface area (Å²) in [6.07, 6.45) is -4.46. The van der Waals surface area contributed by atoms with E-state index in [9.17, 15) is 21.6 Å². The van der Waals surface area contributed by atoms with Gasteiger partial charge < -0.3 is 5.32 Å². The Labute approximate surface area is 110 Å². The van der Waals surface area contributed by atoms with Crippen molar-refractivity contribution in [2.45, 2.75) is 19.1 Å².